The lowest BCUT2D eigenvalue weighted by Gasteiger charge is -2.22. The number of hydrogen-bond donors (Lipinski definition) is 0. The molecule has 0 aromatic heterocycles. The molecule has 0 atom stereocenters. The summed E-state index contributed by atoms with van der Waals surface area (Å²) in [6, 6.07) is 0. The Kier molecular flexibility index (Phi) is 2.14. The van der Waals surface area contributed by atoms with Crippen molar-refractivity contribution in [2.24, 2.45) is 5.41 Å². The summed E-state index contributed by atoms with van der Waals surface area (Å²) in [5.74, 6) is 0.119. The van der Waals surface area contributed by atoms with Crippen LogP contribution in [0.25, 0.3) is 0 Å². The molecule has 1 saturated carbocycles. The molecule has 1 saturated heterocycles. The van der Waals surface area contributed by atoms with Gasteiger partial charge in [0.2, 0.25) is 5.91 Å². The van der Waals surface area contributed by atoms with Crippen molar-refractivity contribution in [3.05, 3.63) is 12.7 Å². The largest absolute Gasteiger partial charge is 0.339 e. The van der Waals surface area contributed by atoms with Crippen LogP contribution in [0.3, 0.4) is 0 Å². The van der Waals surface area contributed by atoms with E-state index in [2.05, 4.69) is 6.58 Å². The molecule has 13 heavy (non-hydrogen) atoms. The van der Waals surface area contributed by atoms with Crippen molar-refractivity contribution in [1.29, 1.82) is 0 Å². The Hall–Kier alpha value is -0.790. The van der Waals surface area contributed by atoms with Crippen LogP contribution in [0.2, 0.25) is 0 Å². The summed E-state index contributed by atoms with van der Waals surface area (Å²) in [4.78, 5) is 13.4. The van der Waals surface area contributed by atoms with Crippen molar-refractivity contribution in [3.8, 4) is 0 Å². The minimum Gasteiger partial charge on any atom is -0.339 e. The Morgan fingerprint density at radius 1 is 1.31 bits per heavy atom. The van der Waals surface area contributed by atoms with E-state index in [-0.39, 0.29) is 5.91 Å². The molecule has 72 valence electrons. The second kappa shape index (κ2) is 3.17. The molecule has 0 aromatic rings. The quantitative estimate of drug-likeness (QED) is 0.563. The van der Waals surface area contributed by atoms with Crippen molar-refractivity contribution < 1.29 is 4.79 Å². The number of hydrogen-bond acceptors (Lipinski definition) is 1. The van der Waals surface area contributed by atoms with Crippen LogP contribution in [0.5, 0.6) is 0 Å². The second-order valence-corrected chi connectivity index (χ2v) is 4.42. The molecule has 0 bridgehead atoms. The first-order valence-corrected chi connectivity index (χ1v) is 5.17. The average Bonchev–Trinajstić information content (AvgIpc) is 2.93. The fourth-order valence-electron chi connectivity index (χ4n) is 2.27. The Bertz CT molecular complexity index is 230. The van der Waals surface area contributed by atoms with Gasteiger partial charge < -0.3 is 4.90 Å². The van der Waals surface area contributed by atoms with Gasteiger partial charge in [-0.1, -0.05) is 13.0 Å². The van der Waals surface area contributed by atoms with Crippen molar-refractivity contribution in [3.63, 3.8) is 0 Å². The van der Waals surface area contributed by atoms with E-state index in [4.69, 9.17) is 0 Å². The molecule has 1 amide bonds. The number of nitrogens with zero attached hydrogens (tertiary/aromatic N) is 1. The number of carbonyl (C=O) groups is 1. The van der Waals surface area contributed by atoms with Gasteiger partial charge in [0, 0.05) is 13.1 Å². The zero-order chi connectivity index (χ0) is 9.31. The van der Waals surface area contributed by atoms with Gasteiger partial charge in [0.15, 0.2) is 0 Å². The van der Waals surface area contributed by atoms with Gasteiger partial charge in [0.25, 0.3) is 0 Å². The summed E-state index contributed by atoms with van der Waals surface area (Å²) in [5, 5.41) is 0. The molecule has 0 aromatic carbocycles. The highest BCUT2D eigenvalue weighted by Gasteiger charge is 2.44. The lowest BCUT2D eigenvalue weighted by molar-refractivity contribution is -0.126. The van der Waals surface area contributed by atoms with Crippen LogP contribution in [0, 0.1) is 5.41 Å². The van der Waals surface area contributed by atoms with Crippen LogP contribution in [-0.2, 0) is 4.79 Å². The molecule has 1 aliphatic heterocycles. The monoisotopic (exact) mass is 179 g/mol. The number of carbonyl (C=O) groups excluding carboxylic acids is 1. The maximum atomic E-state index is 11.4. The van der Waals surface area contributed by atoms with Crippen molar-refractivity contribution in [2.75, 3.05) is 13.1 Å². The molecule has 1 spiro atoms. The Morgan fingerprint density at radius 3 is 2.69 bits per heavy atom. The topological polar surface area (TPSA) is 20.3 Å². The summed E-state index contributed by atoms with van der Waals surface area (Å²) in [6.45, 7) is 5.46. The minimum absolute atomic E-state index is 0.119. The van der Waals surface area contributed by atoms with E-state index in [1.54, 1.807) is 0 Å². The van der Waals surface area contributed by atoms with Crippen LogP contribution in [0.4, 0.5) is 0 Å². The third-order valence-electron chi connectivity index (χ3n) is 3.35. The van der Waals surface area contributed by atoms with Gasteiger partial charge in [-0.15, -0.1) is 0 Å². The van der Waals surface area contributed by atoms with E-state index < -0.39 is 0 Å². The average molecular weight is 179 g/mol. The van der Waals surface area contributed by atoms with Crippen LogP contribution < -0.4 is 0 Å². The van der Waals surface area contributed by atoms with Crippen LogP contribution in [-0.4, -0.2) is 23.9 Å². The fourth-order valence-corrected chi connectivity index (χ4v) is 2.27. The molecule has 1 aliphatic carbocycles. The van der Waals surface area contributed by atoms with Crippen LogP contribution in [0.15, 0.2) is 12.7 Å². The lowest BCUT2D eigenvalue weighted by Crippen LogP contribution is -2.33. The zero-order valence-corrected chi connectivity index (χ0v) is 8.09. The van der Waals surface area contributed by atoms with Crippen molar-refractivity contribution >= 4 is 5.91 Å². The molecule has 1 heterocycles. The molecule has 0 radical (unpaired) electrons. The SMILES string of the molecule is C=CC(=O)N1CCCCC2(CC2)C1. The van der Waals surface area contributed by atoms with E-state index in [0.717, 1.165) is 13.1 Å². The van der Waals surface area contributed by atoms with E-state index in [0.29, 0.717) is 5.41 Å². The number of rotatable bonds is 1. The van der Waals surface area contributed by atoms with Gasteiger partial charge in [-0.25, -0.2) is 0 Å². The predicted octanol–water partition coefficient (Wildman–Crippen LogP) is 1.97. The molecule has 2 rings (SSSR count). The molecule has 2 fully saturated rings. The van der Waals surface area contributed by atoms with Gasteiger partial charge in [0.05, 0.1) is 0 Å². The van der Waals surface area contributed by atoms with Gasteiger partial charge in [-0.05, 0) is 37.2 Å². The predicted molar refractivity (Wildman–Crippen MR) is 52.3 cm³/mol. The molecule has 0 N–H and O–H groups in total. The Balaban J connectivity index is 2.02. The third kappa shape index (κ3) is 1.77. The van der Waals surface area contributed by atoms with Gasteiger partial charge in [-0.2, -0.15) is 0 Å². The van der Waals surface area contributed by atoms with E-state index in [1.165, 1.54) is 38.2 Å². The summed E-state index contributed by atoms with van der Waals surface area (Å²) in [6.07, 6.45) is 7.89. The van der Waals surface area contributed by atoms with E-state index in [1.807, 2.05) is 4.90 Å². The van der Waals surface area contributed by atoms with E-state index in [9.17, 15) is 4.79 Å². The second-order valence-electron chi connectivity index (χ2n) is 4.42. The summed E-state index contributed by atoms with van der Waals surface area (Å²) >= 11 is 0. The highest BCUT2D eigenvalue weighted by molar-refractivity contribution is 5.87. The Morgan fingerprint density at radius 2 is 2.08 bits per heavy atom. The summed E-state index contributed by atoms with van der Waals surface area (Å²) < 4.78 is 0. The molecule has 2 aliphatic rings. The standard InChI is InChI=1S/C11H17NO/c1-2-10(13)12-8-4-3-5-11(9-12)6-7-11/h2H,1,3-9H2. The number of amides is 1. The highest BCUT2D eigenvalue weighted by Crippen LogP contribution is 2.51. The normalized spacial score (nSPS) is 25.4. The number of likely N-dealkylation sites (tertiary alicyclic amines) is 1. The summed E-state index contributed by atoms with van der Waals surface area (Å²) in [5.41, 5.74) is 0.523. The van der Waals surface area contributed by atoms with Crippen molar-refractivity contribution in [1.82, 2.24) is 4.90 Å². The molecule has 2 nitrogen and oxygen atoms in total. The third-order valence-corrected chi connectivity index (χ3v) is 3.35. The maximum Gasteiger partial charge on any atom is 0.245 e. The summed E-state index contributed by atoms with van der Waals surface area (Å²) in [7, 11) is 0. The lowest BCUT2D eigenvalue weighted by atomic mass is 10.0. The van der Waals surface area contributed by atoms with Gasteiger partial charge in [0.1, 0.15) is 0 Å². The fraction of sp³-hybridized carbons (Fsp3) is 0.727. The zero-order valence-electron chi connectivity index (χ0n) is 8.09. The van der Waals surface area contributed by atoms with Gasteiger partial charge >= 0.3 is 0 Å². The smallest absolute Gasteiger partial charge is 0.245 e. The van der Waals surface area contributed by atoms with Crippen LogP contribution >= 0.6 is 0 Å². The van der Waals surface area contributed by atoms with E-state index >= 15 is 0 Å². The molecular formula is C11H17NO. The van der Waals surface area contributed by atoms with Gasteiger partial charge in [-0.3, -0.25) is 4.79 Å². The first kappa shape index (κ1) is 8.79. The first-order chi connectivity index (χ1) is 6.26. The minimum atomic E-state index is 0.119. The first-order valence-electron chi connectivity index (χ1n) is 5.17. The highest BCUT2D eigenvalue weighted by atomic mass is 16.2. The van der Waals surface area contributed by atoms with Crippen LogP contribution in [0.1, 0.15) is 32.1 Å². The maximum absolute atomic E-state index is 11.4. The van der Waals surface area contributed by atoms with Crippen molar-refractivity contribution in [2.45, 2.75) is 32.1 Å². The Labute approximate surface area is 79.6 Å². The molecular weight excluding hydrogens is 162 g/mol. The molecule has 0 unspecified atom stereocenters. The molecule has 2 heteroatoms.